The summed E-state index contributed by atoms with van der Waals surface area (Å²) in [6.45, 7) is 1.61. The molecule has 1 aromatic rings. The van der Waals surface area contributed by atoms with Crippen molar-refractivity contribution in [1.82, 2.24) is 4.90 Å². The monoisotopic (exact) mass is 333 g/mol. The summed E-state index contributed by atoms with van der Waals surface area (Å²) in [6.07, 6.45) is 4.74. The van der Waals surface area contributed by atoms with Crippen LogP contribution in [0, 0.1) is 5.92 Å². The van der Waals surface area contributed by atoms with Crippen molar-refractivity contribution < 1.29 is 14.7 Å². The molecule has 2 aliphatic rings. The second-order valence-electron chi connectivity index (χ2n) is 6.56. The predicted molar refractivity (Wildman–Crippen MR) is 92.0 cm³/mol. The number of amides is 1. The summed E-state index contributed by atoms with van der Waals surface area (Å²) < 4.78 is 0. The molecule has 1 unspecified atom stereocenters. The highest BCUT2D eigenvalue weighted by Crippen LogP contribution is 2.33. The zero-order valence-corrected chi connectivity index (χ0v) is 14.1. The Morgan fingerprint density at radius 1 is 1.17 bits per heavy atom. The van der Waals surface area contributed by atoms with Gasteiger partial charge < -0.3 is 10.0 Å². The van der Waals surface area contributed by atoms with Crippen molar-refractivity contribution >= 4 is 23.6 Å². The first-order valence-electron chi connectivity index (χ1n) is 8.32. The van der Waals surface area contributed by atoms with Crippen LogP contribution in [0.15, 0.2) is 24.3 Å². The summed E-state index contributed by atoms with van der Waals surface area (Å²) in [6, 6.07) is 7.10. The molecule has 3 rings (SSSR count). The van der Waals surface area contributed by atoms with Crippen molar-refractivity contribution in [3.63, 3.8) is 0 Å². The molecule has 124 valence electrons. The van der Waals surface area contributed by atoms with Gasteiger partial charge in [0.1, 0.15) is 0 Å². The second-order valence-corrected chi connectivity index (χ2v) is 7.59. The second kappa shape index (κ2) is 7.39. The molecule has 1 aliphatic heterocycles. The van der Waals surface area contributed by atoms with Crippen molar-refractivity contribution in [2.45, 2.75) is 31.6 Å². The van der Waals surface area contributed by atoms with Crippen LogP contribution in [0.3, 0.4) is 0 Å². The molecule has 1 saturated carbocycles. The Bertz CT molecular complexity index is 568. The number of carbonyl (C=O) groups excluding carboxylic acids is 1. The van der Waals surface area contributed by atoms with Crippen LogP contribution >= 0.6 is 11.8 Å². The van der Waals surface area contributed by atoms with Crippen LogP contribution in [-0.2, 0) is 4.79 Å². The number of aromatic carboxylic acids is 1. The van der Waals surface area contributed by atoms with Gasteiger partial charge >= 0.3 is 5.97 Å². The molecule has 1 heterocycles. The fourth-order valence-electron chi connectivity index (χ4n) is 3.06. The van der Waals surface area contributed by atoms with E-state index in [4.69, 9.17) is 5.11 Å². The zero-order chi connectivity index (χ0) is 16.2. The van der Waals surface area contributed by atoms with E-state index in [2.05, 4.69) is 0 Å². The molecular formula is C18H23NO3S. The van der Waals surface area contributed by atoms with E-state index < -0.39 is 5.97 Å². The largest absolute Gasteiger partial charge is 0.478 e. The first kappa shape index (κ1) is 16.4. The number of carboxylic acid groups (broad SMARTS) is 1. The molecule has 1 atom stereocenters. The third-order valence-electron chi connectivity index (χ3n) is 4.68. The van der Waals surface area contributed by atoms with Crippen LogP contribution in [0.5, 0.6) is 0 Å². The molecule has 4 nitrogen and oxygen atoms in total. The Morgan fingerprint density at radius 3 is 2.57 bits per heavy atom. The van der Waals surface area contributed by atoms with Crippen LogP contribution in [-0.4, -0.2) is 46.5 Å². The average Bonchev–Trinajstić information content (AvgIpc) is 3.39. The van der Waals surface area contributed by atoms with Gasteiger partial charge in [0.25, 0.3) is 0 Å². The van der Waals surface area contributed by atoms with E-state index in [0.717, 1.165) is 43.2 Å². The van der Waals surface area contributed by atoms with Crippen LogP contribution < -0.4 is 0 Å². The Hall–Kier alpha value is -1.49. The smallest absolute Gasteiger partial charge is 0.335 e. The van der Waals surface area contributed by atoms with Gasteiger partial charge in [-0.15, -0.1) is 0 Å². The first-order valence-corrected chi connectivity index (χ1v) is 9.47. The van der Waals surface area contributed by atoms with Crippen LogP contribution in [0.2, 0.25) is 0 Å². The quantitative estimate of drug-likeness (QED) is 0.868. The number of hydrogen-bond acceptors (Lipinski definition) is 3. The molecule has 23 heavy (non-hydrogen) atoms. The van der Waals surface area contributed by atoms with Crippen LogP contribution in [0.1, 0.15) is 47.5 Å². The standard InChI is InChI=1S/C18H23NO3S/c20-17(12-23-11-13-3-4-13)19-9-1-2-16(10-19)14-5-7-15(8-6-14)18(21)22/h5-8,13,16H,1-4,9-12H2,(H,21,22). The average molecular weight is 333 g/mol. The number of carbonyl (C=O) groups is 2. The van der Waals surface area contributed by atoms with Crippen LogP contribution in [0.25, 0.3) is 0 Å². The van der Waals surface area contributed by atoms with Crippen molar-refractivity contribution in [3.05, 3.63) is 35.4 Å². The van der Waals surface area contributed by atoms with Crippen molar-refractivity contribution in [3.8, 4) is 0 Å². The number of hydrogen-bond donors (Lipinski definition) is 1. The highest BCUT2D eigenvalue weighted by atomic mass is 32.2. The molecular weight excluding hydrogens is 310 g/mol. The minimum Gasteiger partial charge on any atom is -0.478 e. The summed E-state index contributed by atoms with van der Waals surface area (Å²) in [4.78, 5) is 25.3. The van der Waals surface area contributed by atoms with Gasteiger partial charge in [-0.3, -0.25) is 4.79 Å². The minimum absolute atomic E-state index is 0.252. The van der Waals surface area contributed by atoms with E-state index in [1.54, 1.807) is 23.9 Å². The number of likely N-dealkylation sites (tertiary alicyclic amines) is 1. The minimum atomic E-state index is -0.898. The fraction of sp³-hybridized carbons (Fsp3) is 0.556. The van der Waals surface area contributed by atoms with E-state index in [0.29, 0.717) is 17.2 Å². The Kier molecular flexibility index (Phi) is 5.26. The molecule has 1 amide bonds. The molecule has 1 N–H and O–H groups in total. The highest BCUT2D eigenvalue weighted by Gasteiger charge is 2.26. The summed E-state index contributed by atoms with van der Waals surface area (Å²) in [5.41, 5.74) is 1.45. The van der Waals surface area contributed by atoms with E-state index in [-0.39, 0.29) is 5.91 Å². The zero-order valence-electron chi connectivity index (χ0n) is 13.2. The SMILES string of the molecule is O=C(O)c1ccc(C2CCCN(C(=O)CSCC3CC3)C2)cc1. The van der Waals surface area contributed by atoms with Gasteiger partial charge in [0, 0.05) is 19.0 Å². The van der Waals surface area contributed by atoms with E-state index in [1.807, 2.05) is 17.0 Å². The molecule has 5 heteroatoms. The molecule has 0 bridgehead atoms. The number of nitrogens with zero attached hydrogens (tertiary/aromatic N) is 1. The van der Waals surface area contributed by atoms with E-state index in [9.17, 15) is 9.59 Å². The summed E-state index contributed by atoms with van der Waals surface area (Å²) >= 11 is 1.77. The van der Waals surface area contributed by atoms with Gasteiger partial charge in [-0.25, -0.2) is 4.79 Å². The summed E-state index contributed by atoms with van der Waals surface area (Å²) in [7, 11) is 0. The number of rotatable bonds is 6. The Morgan fingerprint density at radius 2 is 1.91 bits per heavy atom. The van der Waals surface area contributed by atoms with Crippen molar-refractivity contribution in [1.29, 1.82) is 0 Å². The Balaban J connectivity index is 1.54. The maximum Gasteiger partial charge on any atom is 0.335 e. The number of thioether (sulfide) groups is 1. The molecule has 1 saturated heterocycles. The Labute approximate surface area is 141 Å². The van der Waals surface area contributed by atoms with Gasteiger partial charge in [0.15, 0.2) is 0 Å². The number of carboxylic acids is 1. The fourth-order valence-corrected chi connectivity index (χ4v) is 4.20. The number of piperidine rings is 1. The third-order valence-corrected chi connectivity index (χ3v) is 5.84. The maximum absolute atomic E-state index is 12.3. The normalized spacial score (nSPS) is 21.2. The van der Waals surface area contributed by atoms with Gasteiger partial charge in [-0.05, 0) is 55.1 Å². The van der Waals surface area contributed by atoms with Crippen molar-refractivity contribution in [2.75, 3.05) is 24.6 Å². The van der Waals surface area contributed by atoms with E-state index >= 15 is 0 Å². The molecule has 1 aromatic carbocycles. The molecule has 0 spiro atoms. The lowest BCUT2D eigenvalue weighted by Crippen LogP contribution is -2.40. The van der Waals surface area contributed by atoms with Gasteiger partial charge in [-0.1, -0.05) is 12.1 Å². The predicted octanol–water partition coefficient (Wildman–Crippen LogP) is 3.23. The summed E-state index contributed by atoms with van der Waals surface area (Å²) in [5, 5.41) is 8.97. The lowest BCUT2D eigenvalue weighted by atomic mass is 9.90. The van der Waals surface area contributed by atoms with Gasteiger partial charge in [-0.2, -0.15) is 11.8 Å². The van der Waals surface area contributed by atoms with Crippen LogP contribution in [0.4, 0.5) is 0 Å². The summed E-state index contributed by atoms with van der Waals surface area (Å²) in [5.74, 6) is 2.26. The molecule has 0 aromatic heterocycles. The topological polar surface area (TPSA) is 57.6 Å². The lowest BCUT2D eigenvalue weighted by Gasteiger charge is -2.33. The van der Waals surface area contributed by atoms with Crippen molar-refractivity contribution in [2.24, 2.45) is 5.92 Å². The third kappa shape index (κ3) is 4.50. The lowest BCUT2D eigenvalue weighted by molar-refractivity contribution is -0.129. The highest BCUT2D eigenvalue weighted by molar-refractivity contribution is 7.99. The van der Waals surface area contributed by atoms with Gasteiger partial charge in [0.05, 0.1) is 11.3 Å². The molecule has 1 aliphatic carbocycles. The van der Waals surface area contributed by atoms with E-state index in [1.165, 1.54) is 12.8 Å². The molecule has 0 radical (unpaired) electrons. The maximum atomic E-state index is 12.3. The van der Waals surface area contributed by atoms with Gasteiger partial charge in [0.2, 0.25) is 5.91 Å². The number of benzene rings is 1. The first-order chi connectivity index (χ1) is 11.1. The molecule has 2 fully saturated rings.